The summed E-state index contributed by atoms with van der Waals surface area (Å²) in [5.74, 6) is 0.650. The first-order chi connectivity index (χ1) is 9.30. The average Bonchev–Trinajstić information content (AvgIpc) is 2.47. The highest BCUT2D eigenvalue weighted by atomic mass is 15.2. The van der Waals surface area contributed by atoms with Crippen molar-refractivity contribution in [1.82, 2.24) is 10.2 Å². The second kappa shape index (κ2) is 6.33. The van der Waals surface area contributed by atoms with Crippen molar-refractivity contribution < 1.29 is 0 Å². The van der Waals surface area contributed by atoms with E-state index in [2.05, 4.69) is 40.7 Å². The van der Waals surface area contributed by atoms with Gasteiger partial charge in [0.25, 0.3) is 0 Å². The van der Waals surface area contributed by atoms with Gasteiger partial charge in [-0.2, -0.15) is 10.4 Å². The summed E-state index contributed by atoms with van der Waals surface area (Å²) in [6, 6.07) is 2.66. The molecule has 1 unspecified atom stereocenters. The summed E-state index contributed by atoms with van der Waals surface area (Å²) in [4.78, 5) is 0. The van der Waals surface area contributed by atoms with Crippen molar-refractivity contribution in [2.75, 3.05) is 5.32 Å². The Hall–Kier alpha value is -1.89. The Kier molecular flexibility index (Phi) is 4.51. The highest BCUT2D eigenvalue weighted by Gasteiger charge is 2.17. The van der Waals surface area contributed by atoms with E-state index in [0.717, 1.165) is 43.4 Å². The van der Waals surface area contributed by atoms with Crippen LogP contribution in [0.1, 0.15) is 49.9 Å². The van der Waals surface area contributed by atoms with Crippen LogP contribution in [0.3, 0.4) is 0 Å². The van der Waals surface area contributed by atoms with E-state index in [1.54, 1.807) is 0 Å². The van der Waals surface area contributed by atoms with Crippen LogP contribution in [0.5, 0.6) is 0 Å². The number of hydrogen-bond acceptors (Lipinski definition) is 4. The van der Waals surface area contributed by atoms with E-state index in [0.29, 0.717) is 17.4 Å². The van der Waals surface area contributed by atoms with Crippen LogP contribution in [0.15, 0.2) is 12.2 Å². The largest absolute Gasteiger partial charge is 0.364 e. The molecule has 1 heterocycles. The predicted molar refractivity (Wildman–Crippen MR) is 75.9 cm³/mol. The van der Waals surface area contributed by atoms with Crippen LogP contribution in [-0.2, 0) is 12.8 Å². The number of rotatable bonds is 4. The van der Waals surface area contributed by atoms with Crippen molar-refractivity contribution in [1.29, 1.82) is 5.26 Å². The Bertz CT molecular complexity index is 514. The zero-order chi connectivity index (χ0) is 13.7. The molecule has 4 nitrogen and oxygen atoms in total. The molecule has 0 aliphatic heterocycles. The lowest BCUT2D eigenvalue weighted by Gasteiger charge is -2.21. The number of aromatic nitrogens is 2. The molecule has 2 rings (SSSR count). The monoisotopic (exact) mass is 256 g/mol. The molecule has 19 heavy (non-hydrogen) atoms. The predicted octanol–water partition coefficient (Wildman–Crippen LogP) is 2.99. The topological polar surface area (TPSA) is 61.6 Å². The maximum atomic E-state index is 9.41. The average molecular weight is 256 g/mol. The second-order valence-electron chi connectivity index (χ2n) is 4.79. The number of allylic oxidation sites excluding steroid dienone is 1. The number of nitriles is 1. The maximum Gasteiger partial charge on any atom is 0.167 e. The number of hydrogen-bond donors (Lipinski definition) is 1. The Balaban J connectivity index is 2.30. The molecule has 0 bridgehead atoms. The number of nitrogens with one attached hydrogen (secondary N) is 1. The highest BCUT2D eigenvalue weighted by molar-refractivity contribution is 5.57. The fraction of sp³-hybridized carbons (Fsp3) is 0.533. The summed E-state index contributed by atoms with van der Waals surface area (Å²) in [6.07, 6.45) is 9.18. The third-order valence-corrected chi connectivity index (χ3v) is 3.57. The molecule has 0 spiro atoms. The molecule has 1 aliphatic carbocycles. The first-order valence-corrected chi connectivity index (χ1v) is 7.00. The molecular weight excluding hydrogens is 236 g/mol. The van der Waals surface area contributed by atoms with E-state index in [1.165, 1.54) is 0 Å². The van der Waals surface area contributed by atoms with Crippen molar-refractivity contribution >= 4 is 5.82 Å². The maximum absolute atomic E-state index is 9.41. The van der Waals surface area contributed by atoms with Crippen molar-refractivity contribution in [3.8, 4) is 6.07 Å². The molecule has 0 aromatic carbocycles. The van der Waals surface area contributed by atoms with Crippen LogP contribution in [0.25, 0.3) is 0 Å². The summed E-state index contributed by atoms with van der Waals surface area (Å²) >= 11 is 0. The SMILES string of the molecule is CCc1nnc(NC2CC=CCC2)c(C#N)c1CC. The number of aryl methyl sites for hydroxylation is 1. The third kappa shape index (κ3) is 2.93. The van der Waals surface area contributed by atoms with Gasteiger partial charge in [-0.1, -0.05) is 26.0 Å². The normalized spacial score (nSPS) is 18.1. The quantitative estimate of drug-likeness (QED) is 0.841. The molecule has 0 radical (unpaired) electrons. The van der Waals surface area contributed by atoms with Gasteiger partial charge in [0.15, 0.2) is 5.82 Å². The van der Waals surface area contributed by atoms with Gasteiger partial charge in [-0.25, -0.2) is 0 Å². The van der Waals surface area contributed by atoms with Crippen LogP contribution in [0.2, 0.25) is 0 Å². The second-order valence-corrected chi connectivity index (χ2v) is 4.79. The highest BCUT2D eigenvalue weighted by Crippen LogP contribution is 2.23. The molecule has 1 N–H and O–H groups in total. The molecule has 0 saturated carbocycles. The lowest BCUT2D eigenvalue weighted by molar-refractivity contribution is 0.639. The first kappa shape index (κ1) is 13.5. The minimum atomic E-state index is 0.364. The van der Waals surface area contributed by atoms with Gasteiger partial charge in [-0.3, -0.25) is 0 Å². The van der Waals surface area contributed by atoms with Gasteiger partial charge in [-0.05, 0) is 37.7 Å². The van der Waals surface area contributed by atoms with Crippen molar-refractivity contribution in [3.63, 3.8) is 0 Å². The van der Waals surface area contributed by atoms with Gasteiger partial charge >= 0.3 is 0 Å². The zero-order valence-corrected chi connectivity index (χ0v) is 11.6. The molecule has 1 aromatic heterocycles. The van der Waals surface area contributed by atoms with E-state index in [1.807, 2.05) is 6.92 Å². The Labute approximate surface area is 114 Å². The molecule has 0 fully saturated rings. The standard InChI is InChI=1S/C15H20N4/c1-3-12-13(10-16)15(19-18-14(12)4-2)17-11-8-6-5-7-9-11/h5-6,11H,3-4,7-9H2,1-2H3,(H,17,19). The van der Waals surface area contributed by atoms with Gasteiger partial charge in [0, 0.05) is 6.04 Å². The van der Waals surface area contributed by atoms with Crippen LogP contribution >= 0.6 is 0 Å². The minimum absolute atomic E-state index is 0.364. The molecule has 1 aromatic rings. The zero-order valence-electron chi connectivity index (χ0n) is 11.6. The van der Waals surface area contributed by atoms with Gasteiger partial charge in [0.05, 0.1) is 5.69 Å². The van der Waals surface area contributed by atoms with E-state index in [-0.39, 0.29) is 0 Å². The number of anilines is 1. The smallest absolute Gasteiger partial charge is 0.167 e. The lowest BCUT2D eigenvalue weighted by Crippen LogP contribution is -2.22. The Morgan fingerprint density at radius 3 is 2.74 bits per heavy atom. The van der Waals surface area contributed by atoms with Crippen LogP contribution < -0.4 is 5.32 Å². The lowest BCUT2D eigenvalue weighted by atomic mass is 10.0. The van der Waals surface area contributed by atoms with Crippen LogP contribution in [0.4, 0.5) is 5.82 Å². The summed E-state index contributed by atoms with van der Waals surface area (Å²) in [5.41, 5.74) is 2.64. The summed E-state index contributed by atoms with van der Waals surface area (Å²) in [5, 5.41) is 21.3. The van der Waals surface area contributed by atoms with E-state index in [4.69, 9.17) is 0 Å². The van der Waals surface area contributed by atoms with Crippen molar-refractivity contribution in [2.24, 2.45) is 0 Å². The van der Waals surface area contributed by atoms with E-state index < -0.39 is 0 Å². The molecule has 4 heteroatoms. The molecular formula is C15H20N4. The molecule has 1 atom stereocenters. The molecule has 1 aliphatic rings. The van der Waals surface area contributed by atoms with Gasteiger partial charge < -0.3 is 5.32 Å². The van der Waals surface area contributed by atoms with Crippen molar-refractivity contribution in [2.45, 2.75) is 52.0 Å². The Morgan fingerprint density at radius 2 is 2.16 bits per heavy atom. The summed E-state index contributed by atoms with van der Waals surface area (Å²) in [7, 11) is 0. The van der Waals surface area contributed by atoms with Crippen LogP contribution in [0, 0.1) is 11.3 Å². The molecule has 0 amide bonds. The van der Waals surface area contributed by atoms with Crippen molar-refractivity contribution in [3.05, 3.63) is 29.0 Å². The van der Waals surface area contributed by atoms with Gasteiger partial charge in [-0.15, -0.1) is 5.10 Å². The fourth-order valence-corrected chi connectivity index (χ4v) is 2.51. The first-order valence-electron chi connectivity index (χ1n) is 7.00. The minimum Gasteiger partial charge on any atom is -0.364 e. The van der Waals surface area contributed by atoms with Gasteiger partial charge in [0.1, 0.15) is 11.6 Å². The Morgan fingerprint density at radius 1 is 1.32 bits per heavy atom. The van der Waals surface area contributed by atoms with E-state index in [9.17, 15) is 5.26 Å². The molecule has 0 saturated heterocycles. The summed E-state index contributed by atoms with van der Waals surface area (Å²) < 4.78 is 0. The fourth-order valence-electron chi connectivity index (χ4n) is 2.51. The molecule has 100 valence electrons. The van der Waals surface area contributed by atoms with E-state index >= 15 is 0 Å². The third-order valence-electron chi connectivity index (χ3n) is 3.57. The van der Waals surface area contributed by atoms with Crippen LogP contribution in [-0.4, -0.2) is 16.2 Å². The van der Waals surface area contributed by atoms with Gasteiger partial charge in [0.2, 0.25) is 0 Å². The summed E-state index contributed by atoms with van der Waals surface area (Å²) in [6.45, 7) is 4.10. The number of nitrogens with zero attached hydrogens (tertiary/aromatic N) is 3.